The van der Waals surface area contributed by atoms with Gasteiger partial charge in [0.2, 0.25) is 5.91 Å². The van der Waals surface area contributed by atoms with Crippen molar-refractivity contribution in [2.75, 3.05) is 6.61 Å². The zero-order chi connectivity index (χ0) is 13.2. The lowest BCUT2D eigenvalue weighted by atomic mass is 10.0. The maximum Gasteiger partial charge on any atom is 0.248 e. The molecule has 1 aliphatic carbocycles. The van der Waals surface area contributed by atoms with Crippen LogP contribution in [-0.2, 0) is 0 Å². The summed E-state index contributed by atoms with van der Waals surface area (Å²) in [5.41, 5.74) is 12.7. The number of amides is 1. The summed E-state index contributed by atoms with van der Waals surface area (Å²) in [7, 11) is 0. The summed E-state index contributed by atoms with van der Waals surface area (Å²) in [6, 6.07) is 5.30. The highest BCUT2D eigenvalue weighted by atomic mass is 16.5. The Balaban J connectivity index is 2.02. The predicted octanol–water partition coefficient (Wildman–Crippen LogP) is 1.74. The molecule has 1 aromatic carbocycles. The quantitative estimate of drug-likeness (QED) is 0.852. The van der Waals surface area contributed by atoms with Gasteiger partial charge in [0.25, 0.3) is 0 Å². The number of aryl methyl sites for hydroxylation is 1. The van der Waals surface area contributed by atoms with Gasteiger partial charge < -0.3 is 16.2 Å². The number of nitrogens with two attached hydrogens (primary N) is 2. The molecule has 0 atom stereocenters. The normalized spacial score (nSPS) is 17.7. The lowest BCUT2D eigenvalue weighted by Crippen LogP contribution is -2.42. The van der Waals surface area contributed by atoms with Gasteiger partial charge in [-0.1, -0.05) is 12.8 Å². The van der Waals surface area contributed by atoms with Gasteiger partial charge in [0.05, 0.1) is 5.54 Å². The van der Waals surface area contributed by atoms with Crippen molar-refractivity contribution in [2.45, 2.75) is 38.1 Å². The van der Waals surface area contributed by atoms with Crippen LogP contribution < -0.4 is 16.2 Å². The van der Waals surface area contributed by atoms with Crippen molar-refractivity contribution in [2.24, 2.45) is 11.5 Å². The van der Waals surface area contributed by atoms with E-state index in [-0.39, 0.29) is 5.54 Å². The molecule has 4 heteroatoms. The van der Waals surface area contributed by atoms with Gasteiger partial charge in [-0.05, 0) is 43.5 Å². The zero-order valence-corrected chi connectivity index (χ0v) is 10.7. The molecule has 1 fully saturated rings. The first kappa shape index (κ1) is 12.9. The van der Waals surface area contributed by atoms with E-state index in [9.17, 15) is 4.79 Å². The van der Waals surface area contributed by atoms with E-state index < -0.39 is 5.91 Å². The third-order valence-electron chi connectivity index (χ3n) is 3.59. The SMILES string of the molecule is Cc1cc(OCC2(N)CCCC2)ccc1C(N)=O. The van der Waals surface area contributed by atoms with Crippen LogP contribution in [0.25, 0.3) is 0 Å². The fraction of sp³-hybridized carbons (Fsp3) is 0.500. The summed E-state index contributed by atoms with van der Waals surface area (Å²) in [6.45, 7) is 2.38. The van der Waals surface area contributed by atoms with E-state index in [0.29, 0.717) is 12.2 Å². The molecule has 0 aromatic heterocycles. The van der Waals surface area contributed by atoms with Gasteiger partial charge >= 0.3 is 0 Å². The first-order chi connectivity index (χ1) is 8.50. The lowest BCUT2D eigenvalue weighted by molar-refractivity contribution is 0.0999. The number of hydrogen-bond donors (Lipinski definition) is 2. The van der Waals surface area contributed by atoms with Crippen LogP contribution in [0, 0.1) is 6.92 Å². The van der Waals surface area contributed by atoms with E-state index in [1.54, 1.807) is 12.1 Å². The molecule has 1 amide bonds. The molecule has 1 saturated carbocycles. The van der Waals surface area contributed by atoms with Crippen LogP contribution in [0.4, 0.5) is 0 Å². The Bertz CT molecular complexity index is 451. The summed E-state index contributed by atoms with van der Waals surface area (Å²) in [6.07, 6.45) is 4.40. The van der Waals surface area contributed by atoms with Crippen LogP contribution in [0.3, 0.4) is 0 Å². The minimum atomic E-state index is -0.412. The second-order valence-corrected chi connectivity index (χ2v) is 5.20. The number of rotatable bonds is 4. The topological polar surface area (TPSA) is 78.3 Å². The van der Waals surface area contributed by atoms with Crippen molar-refractivity contribution in [1.82, 2.24) is 0 Å². The van der Waals surface area contributed by atoms with Crippen molar-refractivity contribution in [1.29, 1.82) is 0 Å². The number of ether oxygens (including phenoxy) is 1. The molecule has 4 nitrogen and oxygen atoms in total. The molecule has 0 bridgehead atoms. The first-order valence-corrected chi connectivity index (χ1v) is 6.32. The highest BCUT2D eigenvalue weighted by Gasteiger charge is 2.30. The maximum absolute atomic E-state index is 11.1. The maximum atomic E-state index is 11.1. The van der Waals surface area contributed by atoms with Crippen molar-refractivity contribution >= 4 is 5.91 Å². The van der Waals surface area contributed by atoms with Crippen molar-refractivity contribution in [3.8, 4) is 5.75 Å². The second kappa shape index (κ2) is 4.98. The fourth-order valence-corrected chi connectivity index (χ4v) is 2.45. The van der Waals surface area contributed by atoms with Crippen LogP contribution in [-0.4, -0.2) is 18.1 Å². The average Bonchev–Trinajstić information content (AvgIpc) is 2.74. The summed E-state index contributed by atoms with van der Waals surface area (Å²) < 4.78 is 5.73. The van der Waals surface area contributed by atoms with Gasteiger partial charge in [-0.15, -0.1) is 0 Å². The van der Waals surface area contributed by atoms with Gasteiger partial charge in [-0.25, -0.2) is 0 Å². The summed E-state index contributed by atoms with van der Waals surface area (Å²) in [5, 5.41) is 0. The average molecular weight is 248 g/mol. The largest absolute Gasteiger partial charge is 0.492 e. The Labute approximate surface area is 107 Å². The smallest absolute Gasteiger partial charge is 0.248 e. The molecule has 1 aromatic rings. The fourth-order valence-electron chi connectivity index (χ4n) is 2.45. The predicted molar refractivity (Wildman–Crippen MR) is 70.6 cm³/mol. The molecule has 1 aliphatic rings. The minimum absolute atomic E-state index is 0.184. The van der Waals surface area contributed by atoms with Crippen molar-refractivity contribution in [3.05, 3.63) is 29.3 Å². The van der Waals surface area contributed by atoms with Crippen LogP contribution in [0.2, 0.25) is 0 Å². The second-order valence-electron chi connectivity index (χ2n) is 5.20. The Morgan fingerprint density at radius 2 is 2.06 bits per heavy atom. The monoisotopic (exact) mass is 248 g/mol. The summed E-state index contributed by atoms with van der Waals surface area (Å²) in [5.74, 6) is 0.333. The third kappa shape index (κ3) is 2.82. The van der Waals surface area contributed by atoms with Gasteiger partial charge in [0.1, 0.15) is 12.4 Å². The Morgan fingerprint density at radius 1 is 1.39 bits per heavy atom. The van der Waals surface area contributed by atoms with Gasteiger partial charge in [0.15, 0.2) is 0 Å². The molecule has 0 heterocycles. The Hall–Kier alpha value is -1.55. The molecular formula is C14H20N2O2. The van der Waals surface area contributed by atoms with Crippen LogP contribution in [0.1, 0.15) is 41.6 Å². The number of carbonyl (C=O) groups is 1. The highest BCUT2D eigenvalue weighted by Crippen LogP contribution is 2.28. The van der Waals surface area contributed by atoms with Crippen LogP contribution in [0.5, 0.6) is 5.75 Å². The van der Waals surface area contributed by atoms with Crippen LogP contribution >= 0.6 is 0 Å². The number of benzene rings is 1. The molecule has 0 spiro atoms. The number of primary amides is 1. The van der Waals surface area contributed by atoms with Crippen LogP contribution in [0.15, 0.2) is 18.2 Å². The summed E-state index contributed by atoms with van der Waals surface area (Å²) >= 11 is 0. The van der Waals surface area contributed by atoms with E-state index in [1.165, 1.54) is 12.8 Å². The molecular weight excluding hydrogens is 228 g/mol. The van der Waals surface area contributed by atoms with E-state index in [4.69, 9.17) is 16.2 Å². The lowest BCUT2D eigenvalue weighted by Gasteiger charge is -2.23. The van der Waals surface area contributed by atoms with Gasteiger partial charge in [-0.3, -0.25) is 4.79 Å². The van der Waals surface area contributed by atoms with E-state index in [2.05, 4.69) is 0 Å². The number of hydrogen-bond acceptors (Lipinski definition) is 3. The standard InChI is InChI=1S/C14H20N2O2/c1-10-8-11(4-5-12(10)13(15)17)18-9-14(16)6-2-3-7-14/h4-5,8H,2-3,6-7,9,16H2,1H3,(H2,15,17). The molecule has 98 valence electrons. The van der Waals surface area contributed by atoms with E-state index in [1.807, 2.05) is 13.0 Å². The molecule has 0 radical (unpaired) electrons. The molecule has 0 saturated heterocycles. The Kier molecular flexibility index (Phi) is 3.57. The van der Waals surface area contributed by atoms with E-state index in [0.717, 1.165) is 24.2 Å². The molecule has 0 unspecified atom stereocenters. The molecule has 18 heavy (non-hydrogen) atoms. The number of carbonyl (C=O) groups excluding carboxylic acids is 1. The highest BCUT2D eigenvalue weighted by molar-refractivity contribution is 5.94. The molecule has 0 aliphatic heterocycles. The van der Waals surface area contributed by atoms with Gasteiger partial charge in [-0.2, -0.15) is 0 Å². The molecule has 2 rings (SSSR count). The zero-order valence-electron chi connectivity index (χ0n) is 10.7. The first-order valence-electron chi connectivity index (χ1n) is 6.32. The van der Waals surface area contributed by atoms with E-state index >= 15 is 0 Å². The Morgan fingerprint density at radius 3 is 2.61 bits per heavy atom. The van der Waals surface area contributed by atoms with Crippen molar-refractivity contribution in [3.63, 3.8) is 0 Å². The third-order valence-corrected chi connectivity index (χ3v) is 3.59. The van der Waals surface area contributed by atoms with Gasteiger partial charge in [0, 0.05) is 5.56 Å². The molecule has 4 N–H and O–H groups in total. The summed E-state index contributed by atoms with van der Waals surface area (Å²) in [4.78, 5) is 11.1. The minimum Gasteiger partial charge on any atom is -0.492 e. The van der Waals surface area contributed by atoms with Crippen molar-refractivity contribution < 1.29 is 9.53 Å².